The Morgan fingerprint density at radius 2 is 2.09 bits per heavy atom. The molecule has 0 saturated carbocycles. The van der Waals surface area contributed by atoms with E-state index in [1.807, 2.05) is 6.08 Å². The molecule has 1 unspecified atom stereocenters. The summed E-state index contributed by atoms with van der Waals surface area (Å²) in [6, 6.07) is 0.525. The van der Waals surface area contributed by atoms with E-state index in [4.69, 9.17) is 0 Å². The van der Waals surface area contributed by atoms with Crippen molar-refractivity contribution in [1.82, 2.24) is 4.72 Å². The lowest BCUT2D eigenvalue weighted by atomic mass is 10.2. The fraction of sp³-hybridized carbons (Fsp3) is 0.778. The van der Waals surface area contributed by atoms with Crippen molar-refractivity contribution >= 4 is 11.9 Å². The molecule has 1 N–H and O–H groups in total. The molecule has 0 aliphatic rings. The summed E-state index contributed by atoms with van der Waals surface area (Å²) in [7, 11) is 0. The molecule has 0 aliphatic heterocycles. The van der Waals surface area contributed by atoms with Crippen molar-refractivity contribution in [2.45, 2.75) is 44.9 Å². The van der Waals surface area contributed by atoms with Gasteiger partial charge in [-0.05, 0) is 34.1 Å². The molecule has 0 aliphatic carbocycles. The van der Waals surface area contributed by atoms with Gasteiger partial charge in [0.15, 0.2) is 0 Å². The smallest absolute Gasteiger partial charge is 0.0220 e. The molecule has 0 aromatic heterocycles. The van der Waals surface area contributed by atoms with Crippen LogP contribution < -0.4 is 4.72 Å². The van der Waals surface area contributed by atoms with Gasteiger partial charge < -0.3 is 0 Å². The molecule has 0 fully saturated rings. The summed E-state index contributed by atoms with van der Waals surface area (Å²) < 4.78 is 3.67. The van der Waals surface area contributed by atoms with Crippen LogP contribution in [-0.2, 0) is 0 Å². The molecule has 0 aromatic rings. The fourth-order valence-corrected chi connectivity index (χ4v) is 1.23. The summed E-state index contributed by atoms with van der Waals surface area (Å²) in [5.41, 5.74) is 0. The summed E-state index contributed by atoms with van der Waals surface area (Å²) in [6.45, 7) is 12.5. The molecular formula is C9H19NS. The van der Waals surface area contributed by atoms with Crippen LogP contribution in [0, 0.1) is 0 Å². The minimum atomic E-state index is 0.301. The van der Waals surface area contributed by atoms with E-state index in [1.54, 1.807) is 11.9 Å². The van der Waals surface area contributed by atoms with Crippen molar-refractivity contribution in [3.05, 3.63) is 12.7 Å². The highest BCUT2D eigenvalue weighted by Crippen LogP contribution is 2.20. The van der Waals surface area contributed by atoms with E-state index in [1.165, 1.54) is 0 Å². The number of rotatable bonds is 4. The van der Waals surface area contributed by atoms with Crippen LogP contribution >= 0.6 is 11.9 Å². The van der Waals surface area contributed by atoms with Crippen molar-refractivity contribution in [2.24, 2.45) is 0 Å². The second kappa shape index (κ2) is 4.83. The van der Waals surface area contributed by atoms with E-state index in [2.05, 4.69) is 39.0 Å². The highest BCUT2D eigenvalue weighted by Gasteiger charge is 2.11. The van der Waals surface area contributed by atoms with Gasteiger partial charge in [0.1, 0.15) is 0 Å². The van der Waals surface area contributed by atoms with Crippen molar-refractivity contribution < 1.29 is 0 Å². The van der Waals surface area contributed by atoms with E-state index in [0.717, 1.165) is 6.42 Å². The molecule has 66 valence electrons. The van der Waals surface area contributed by atoms with E-state index in [0.29, 0.717) is 10.8 Å². The van der Waals surface area contributed by atoms with Crippen molar-refractivity contribution in [3.63, 3.8) is 0 Å². The van der Waals surface area contributed by atoms with Crippen LogP contribution in [0.3, 0.4) is 0 Å². The normalized spacial score (nSPS) is 14.5. The molecule has 0 bridgehead atoms. The first kappa shape index (κ1) is 11.1. The summed E-state index contributed by atoms with van der Waals surface area (Å²) in [4.78, 5) is 0. The lowest BCUT2D eigenvalue weighted by Crippen LogP contribution is -2.24. The maximum absolute atomic E-state index is 3.70. The number of hydrogen-bond donors (Lipinski definition) is 1. The topological polar surface area (TPSA) is 12.0 Å². The lowest BCUT2D eigenvalue weighted by Gasteiger charge is -2.20. The van der Waals surface area contributed by atoms with Gasteiger partial charge in [0.25, 0.3) is 0 Å². The second-order valence-corrected chi connectivity index (χ2v) is 5.42. The van der Waals surface area contributed by atoms with Crippen LogP contribution in [0.25, 0.3) is 0 Å². The Hall–Kier alpha value is 0.0500. The highest BCUT2D eigenvalue weighted by molar-refractivity contribution is 7.98. The monoisotopic (exact) mass is 173 g/mol. The minimum Gasteiger partial charge on any atom is -0.261 e. The van der Waals surface area contributed by atoms with Crippen LogP contribution in [0.15, 0.2) is 12.7 Å². The van der Waals surface area contributed by atoms with Crippen LogP contribution in [0.1, 0.15) is 34.1 Å². The minimum absolute atomic E-state index is 0.301. The van der Waals surface area contributed by atoms with Crippen molar-refractivity contribution in [1.29, 1.82) is 0 Å². The third-order valence-corrected chi connectivity index (χ3v) is 2.22. The van der Waals surface area contributed by atoms with Crippen LogP contribution in [0.2, 0.25) is 0 Å². The second-order valence-electron chi connectivity index (χ2n) is 3.76. The average Bonchev–Trinajstić information content (AvgIpc) is 1.83. The molecule has 0 radical (unpaired) electrons. The Bertz CT molecular complexity index is 115. The van der Waals surface area contributed by atoms with E-state index in [-0.39, 0.29) is 0 Å². The zero-order valence-corrected chi connectivity index (χ0v) is 8.79. The maximum Gasteiger partial charge on any atom is 0.0220 e. The van der Waals surface area contributed by atoms with E-state index in [9.17, 15) is 0 Å². The Morgan fingerprint density at radius 3 is 2.45 bits per heavy atom. The van der Waals surface area contributed by atoms with Gasteiger partial charge in [-0.1, -0.05) is 18.0 Å². The van der Waals surface area contributed by atoms with Crippen LogP contribution in [0.4, 0.5) is 0 Å². The van der Waals surface area contributed by atoms with Crippen molar-refractivity contribution in [3.8, 4) is 0 Å². The van der Waals surface area contributed by atoms with Gasteiger partial charge in [-0.3, -0.25) is 4.72 Å². The zero-order valence-electron chi connectivity index (χ0n) is 7.98. The van der Waals surface area contributed by atoms with E-state index < -0.39 is 0 Å². The third kappa shape index (κ3) is 7.95. The standard InChI is InChI=1S/C9H19NS/c1-6-7-8(2)10-11-9(3,4)5/h6,8,10H,1,7H2,2-5H3. The van der Waals surface area contributed by atoms with Gasteiger partial charge in [0, 0.05) is 10.8 Å². The van der Waals surface area contributed by atoms with Gasteiger partial charge >= 0.3 is 0 Å². The molecule has 11 heavy (non-hydrogen) atoms. The molecule has 0 saturated heterocycles. The number of hydrogen-bond acceptors (Lipinski definition) is 2. The maximum atomic E-state index is 3.70. The molecule has 1 nitrogen and oxygen atoms in total. The molecule has 0 aromatic carbocycles. The highest BCUT2D eigenvalue weighted by atomic mass is 32.2. The van der Waals surface area contributed by atoms with Crippen LogP contribution in [0.5, 0.6) is 0 Å². The fourth-order valence-electron chi connectivity index (χ4n) is 0.575. The molecule has 0 spiro atoms. The number of nitrogens with one attached hydrogen (secondary N) is 1. The Kier molecular flexibility index (Phi) is 4.86. The molecule has 0 rings (SSSR count). The molecule has 0 heterocycles. The predicted octanol–water partition coefficient (Wildman–Crippen LogP) is 2.99. The summed E-state index contributed by atoms with van der Waals surface area (Å²) in [6.07, 6.45) is 2.98. The van der Waals surface area contributed by atoms with Gasteiger partial charge in [0.2, 0.25) is 0 Å². The SMILES string of the molecule is C=CCC(C)NSC(C)(C)C. The predicted molar refractivity (Wildman–Crippen MR) is 54.8 cm³/mol. The first-order valence-electron chi connectivity index (χ1n) is 4.00. The van der Waals surface area contributed by atoms with Gasteiger partial charge in [0.05, 0.1) is 0 Å². The molecule has 1 atom stereocenters. The Morgan fingerprint density at radius 1 is 1.55 bits per heavy atom. The van der Waals surface area contributed by atoms with Gasteiger partial charge in [-0.2, -0.15) is 0 Å². The molecule has 2 heteroatoms. The van der Waals surface area contributed by atoms with Gasteiger partial charge in [-0.25, -0.2) is 0 Å². The summed E-state index contributed by atoms with van der Waals surface area (Å²) in [5.74, 6) is 0. The third-order valence-electron chi connectivity index (χ3n) is 1.09. The Labute approximate surface area is 74.8 Å². The summed E-state index contributed by atoms with van der Waals surface area (Å²) in [5, 5.41) is 0. The molecular weight excluding hydrogens is 154 g/mol. The van der Waals surface area contributed by atoms with Crippen LogP contribution in [-0.4, -0.2) is 10.8 Å². The average molecular weight is 173 g/mol. The van der Waals surface area contributed by atoms with Gasteiger partial charge in [-0.15, -0.1) is 6.58 Å². The molecule has 0 amide bonds. The van der Waals surface area contributed by atoms with E-state index >= 15 is 0 Å². The quantitative estimate of drug-likeness (QED) is 0.518. The zero-order chi connectivity index (χ0) is 8.91. The Balaban J connectivity index is 3.45. The largest absolute Gasteiger partial charge is 0.261 e. The summed E-state index contributed by atoms with van der Waals surface area (Å²) >= 11 is 1.78. The lowest BCUT2D eigenvalue weighted by molar-refractivity contribution is 0.689. The first-order valence-corrected chi connectivity index (χ1v) is 4.82. The first-order chi connectivity index (χ1) is 4.95. The van der Waals surface area contributed by atoms with Crippen molar-refractivity contribution in [2.75, 3.05) is 0 Å².